The summed E-state index contributed by atoms with van der Waals surface area (Å²) in [6, 6.07) is 9.80. The van der Waals surface area contributed by atoms with Crippen LogP contribution in [0.5, 0.6) is 0 Å². The van der Waals surface area contributed by atoms with Crippen LogP contribution in [0.4, 0.5) is 0 Å². The Morgan fingerprint density at radius 2 is 2.11 bits per heavy atom. The van der Waals surface area contributed by atoms with Crippen molar-refractivity contribution >= 4 is 5.91 Å². The minimum atomic E-state index is -0.210. The molecule has 2 N–H and O–H groups in total. The Morgan fingerprint density at radius 1 is 1.39 bits per heavy atom. The smallest absolute Gasteiger partial charge is 0.231 e. The van der Waals surface area contributed by atoms with Crippen LogP contribution in [-0.4, -0.2) is 30.4 Å². The van der Waals surface area contributed by atoms with Gasteiger partial charge in [0, 0.05) is 19.6 Å². The second-order valence-electron chi connectivity index (χ2n) is 4.78. The molecule has 3 heteroatoms. The van der Waals surface area contributed by atoms with Crippen LogP contribution in [0, 0.1) is 0 Å². The second-order valence-corrected chi connectivity index (χ2v) is 4.78. The van der Waals surface area contributed by atoms with Gasteiger partial charge in [-0.05, 0) is 18.9 Å². The van der Waals surface area contributed by atoms with Gasteiger partial charge >= 0.3 is 0 Å². The molecule has 0 saturated heterocycles. The average molecular weight is 244 g/mol. The van der Waals surface area contributed by atoms with Crippen LogP contribution < -0.4 is 5.73 Å². The van der Waals surface area contributed by atoms with Crippen molar-refractivity contribution in [1.29, 1.82) is 0 Å². The van der Waals surface area contributed by atoms with E-state index in [-0.39, 0.29) is 11.8 Å². The highest BCUT2D eigenvalue weighted by atomic mass is 16.2. The molecule has 0 saturated carbocycles. The molecular formula is C15H20N2O. The number of carbonyl (C=O) groups is 1. The minimum Gasteiger partial charge on any atom is -0.338 e. The highest BCUT2D eigenvalue weighted by Crippen LogP contribution is 2.19. The van der Waals surface area contributed by atoms with E-state index in [9.17, 15) is 4.79 Å². The van der Waals surface area contributed by atoms with Gasteiger partial charge in [-0.2, -0.15) is 0 Å². The van der Waals surface area contributed by atoms with Gasteiger partial charge in [-0.25, -0.2) is 0 Å². The summed E-state index contributed by atoms with van der Waals surface area (Å²) in [6.45, 7) is 4.00. The summed E-state index contributed by atoms with van der Waals surface area (Å²) in [5, 5.41) is 0. The fourth-order valence-electron chi connectivity index (χ4n) is 2.26. The van der Waals surface area contributed by atoms with Crippen molar-refractivity contribution < 1.29 is 4.79 Å². The molecule has 1 amide bonds. The van der Waals surface area contributed by atoms with Crippen LogP contribution in [-0.2, 0) is 4.79 Å². The van der Waals surface area contributed by atoms with Gasteiger partial charge in [0.05, 0.1) is 5.92 Å². The van der Waals surface area contributed by atoms with Crippen LogP contribution in [0.15, 0.2) is 42.0 Å². The summed E-state index contributed by atoms with van der Waals surface area (Å²) in [6.07, 6.45) is 3.10. The third kappa shape index (κ3) is 2.79. The number of carbonyl (C=O) groups excluding carboxylic acids is 1. The average Bonchev–Trinajstić information content (AvgIpc) is 2.41. The Morgan fingerprint density at radius 3 is 2.67 bits per heavy atom. The molecule has 0 spiro atoms. The molecule has 0 aromatic heterocycles. The zero-order valence-corrected chi connectivity index (χ0v) is 10.8. The van der Waals surface area contributed by atoms with E-state index in [1.807, 2.05) is 35.2 Å². The van der Waals surface area contributed by atoms with Gasteiger partial charge < -0.3 is 10.6 Å². The molecule has 1 heterocycles. The molecule has 18 heavy (non-hydrogen) atoms. The van der Waals surface area contributed by atoms with Gasteiger partial charge in [0.25, 0.3) is 0 Å². The summed E-state index contributed by atoms with van der Waals surface area (Å²) >= 11 is 0. The first-order valence-electron chi connectivity index (χ1n) is 6.42. The van der Waals surface area contributed by atoms with Crippen LogP contribution in [0.3, 0.4) is 0 Å². The Kier molecular flexibility index (Phi) is 4.15. The molecule has 1 atom stereocenters. The molecule has 0 fully saturated rings. The molecule has 0 bridgehead atoms. The zero-order chi connectivity index (χ0) is 13.0. The van der Waals surface area contributed by atoms with Crippen LogP contribution >= 0.6 is 0 Å². The number of hydrogen-bond acceptors (Lipinski definition) is 2. The predicted molar refractivity (Wildman–Crippen MR) is 73.2 cm³/mol. The number of nitrogens with zero attached hydrogens (tertiary/aromatic N) is 1. The molecule has 1 aliphatic rings. The fraction of sp³-hybridized carbons (Fsp3) is 0.400. The lowest BCUT2D eigenvalue weighted by atomic mass is 9.97. The molecule has 3 nitrogen and oxygen atoms in total. The molecule has 2 rings (SSSR count). The lowest BCUT2D eigenvalue weighted by Gasteiger charge is -2.29. The Hall–Kier alpha value is -1.61. The summed E-state index contributed by atoms with van der Waals surface area (Å²) < 4.78 is 0. The van der Waals surface area contributed by atoms with E-state index < -0.39 is 0 Å². The van der Waals surface area contributed by atoms with Gasteiger partial charge in [0.15, 0.2) is 0 Å². The van der Waals surface area contributed by atoms with E-state index >= 15 is 0 Å². The molecule has 1 aromatic carbocycles. The summed E-state index contributed by atoms with van der Waals surface area (Å²) in [5.74, 6) is -0.0644. The lowest BCUT2D eigenvalue weighted by molar-refractivity contribution is -0.132. The topological polar surface area (TPSA) is 46.3 Å². The molecule has 1 aromatic rings. The normalized spacial score (nSPS) is 17.2. The van der Waals surface area contributed by atoms with E-state index in [1.54, 1.807) is 0 Å². The first-order valence-corrected chi connectivity index (χ1v) is 6.42. The molecule has 0 radical (unpaired) electrons. The molecule has 0 aliphatic carbocycles. The minimum absolute atomic E-state index is 0.146. The first kappa shape index (κ1) is 12.8. The van der Waals surface area contributed by atoms with Crippen molar-refractivity contribution in [2.45, 2.75) is 19.3 Å². The molecular weight excluding hydrogens is 224 g/mol. The van der Waals surface area contributed by atoms with Crippen molar-refractivity contribution in [3.63, 3.8) is 0 Å². The Labute approximate surface area is 108 Å². The Bertz CT molecular complexity index is 439. The summed E-state index contributed by atoms with van der Waals surface area (Å²) in [7, 11) is 0. The maximum atomic E-state index is 12.5. The lowest BCUT2D eigenvalue weighted by Crippen LogP contribution is -2.40. The number of rotatable bonds is 3. The van der Waals surface area contributed by atoms with Crippen LogP contribution in [0.25, 0.3) is 0 Å². The van der Waals surface area contributed by atoms with Gasteiger partial charge in [-0.3, -0.25) is 4.79 Å². The molecule has 1 aliphatic heterocycles. The van der Waals surface area contributed by atoms with E-state index in [2.05, 4.69) is 13.0 Å². The monoisotopic (exact) mass is 244 g/mol. The maximum absolute atomic E-state index is 12.5. The zero-order valence-electron chi connectivity index (χ0n) is 10.8. The van der Waals surface area contributed by atoms with Crippen LogP contribution in [0.1, 0.15) is 24.8 Å². The molecule has 1 unspecified atom stereocenters. The van der Waals surface area contributed by atoms with Crippen molar-refractivity contribution in [2.24, 2.45) is 5.73 Å². The van der Waals surface area contributed by atoms with Crippen molar-refractivity contribution in [2.75, 3.05) is 19.6 Å². The van der Waals surface area contributed by atoms with E-state index in [0.29, 0.717) is 13.1 Å². The number of hydrogen-bond donors (Lipinski definition) is 1. The first-order chi connectivity index (χ1) is 8.72. The van der Waals surface area contributed by atoms with Crippen molar-refractivity contribution in [1.82, 2.24) is 4.90 Å². The van der Waals surface area contributed by atoms with Gasteiger partial charge in [-0.1, -0.05) is 42.0 Å². The van der Waals surface area contributed by atoms with Crippen molar-refractivity contribution in [3.05, 3.63) is 47.5 Å². The maximum Gasteiger partial charge on any atom is 0.231 e. The third-order valence-electron chi connectivity index (χ3n) is 3.48. The fourth-order valence-corrected chi connectivity index (χ4v) is 2.26. The summed E-state index contributed by atoms with van der Waals surface area (Å²) in [4.78, 5) is 14.4. The van der Waals surface area contributed by atoms with E-state index in [4.69, 9.17) is 5.73 Å². The van der Waals surface area contributed by atoms with Crippen molar-refractivity contribution in [3.8, 4) is 0 Å². The van der Waals surface area contributed by atoms with Gasteiger partial charge in [-0.15, -0.1) is 0 Å². The van der Waals surface area contributed by atoms with E-state index in [1.165, 1.54) is 5.57 Å². The number of nitrogens with two attached hydrogens (primary N) is 1. The second kappa shape index (κ2) is 5.83. The largest absolute Gasteiger partial charge is 0.338 e. The van der Waals surface area contributed by atoms with Gasteiger partial charge in [0.1, 0.15) is 0 Å². The standard InChI is InChI=1S/C15H20N2O/c1-12-7-9-17(10-8-12)15(18)14(11-16)13-5-3-2-4-6-13/h2-7,14H,8-11,16H2,1H3. The number of benzene rings is 1. The van der Waals surface area contributed by atoms with E-state index in [0.717, 1.165) is 18.5 Å². The van der Waals surface area contributed by atoms with Gasteiger partial charge in [0.2, 0.25) is 5.91 Å². The molecule has 96 valence electrons. The third-order valence-corrected chi connectivity index (χ3v) is 3.48. The van der Waals surface area contributed by atoms with Crippen LogP contribution in [0.2, 0.25) is 0 Å². The quantitative estimate of drug-likeness (QED) is 0.826. The highest BCUT2D eigenvalue weighted by Gasteiger charge is 2.25. The SMILES string of the molecule is CC1=CCN(C(=O)C(CN)c2ccccc2)CC1. The predicted octanol–water partition coefficient (Wildman–Crippen LogP) is 1.91. The number of amides is 1. The summed E-state index contributed by atoms with van der Waals surface area (Å²) in [5.41, 5.74) is 8.15. The Balaban J connectivity index is 2.12. The highest BCUT2D eigenvalue weighted by molar-refractivity contribution is 5.84.